The van der Waals surface area contributed by atoms with E-state index in [2.05, 4.69) is 24.5 Å². The highest BCUT2D eigenvalue weighted by Crippen LogP contribution is 2.48. The van der Waals surface area contributed by atoms with Gasteiger partial charge in [-0.25, -0.2) is 0 Å². The number of anilines is 1. The predicted molar refractivity (Wildman–Crippen MR) is 107 cm³/mol. The molecule has 0 saturated heterocycles. The summed E-state index contributed by atoms with van der Waals surface area (Å²) >= 11 is 1.75. The van der Waals surface area contributed by atoms with Crippen molar-refractivity contribution in [3.63, 3.8) is 0 Å². The third-order valence-electron chi connectivity index (χ3n) is 6.08. The number of hydrogen-bond acceptors (Lipinski definition) is 6. The van der Waals surface area contributed by atoms with E-state index in [0.717, 1.165) is 53.4 Å². The van der Waals surface area contributed by atoms with Gasteiger partial charge in [-0.3, -0.25) is 0 Å². The van der Waals surface area contributed by atoms with E-state index in [-0.39, 0.29) is 13.0 Å². The summed E-state index contributed by atoms with van der Waals surface area (Å²) in [6, 6.07) is 4.55. The Kier molecular flexibility index (Phi) is 4.33. The lowest BCUT2D eigenvalue weighted by molar-refractivity contribution is -0.910. The molecule has 28 heavy (non-hydrogen) atoms. The summed E-state index contributed by atoms with van der Waals surface area (Å²) in [5, 5.41) is 14.5. The lowest BCUT2D eigenvalue weighted by Crippen LogP contribution is -3.11. The Hall–Kier alpha value is -2.43. The molecule has 7 heteroatoms. The summed E-state index contributed by atoms with van der Waals surface area (Å²) < 4.78 is 17.1. The average Bonchev–Trinajstić information content (AvgIpc) is 3.32. The molecule has 0 radical (unpaired) electrons. The van der Waals surface area contributed by atoms with Crippen molar-refractivity contribution in [3.05, 3.63) is 33.2 Å². The summed E-state index contributed by atoms with van der Waals surface area (Å²) in [5.41, 5.74) is 4.43. The second-order valence-corrected chi connectivity index (χ2v) is 8.77. The van der Waals surface area contributed by atoms with E-state index in [1.165, 1.54) is 33.7 Å². The van der Waals surface area contributed by atoms with Gasteiger partial charge in [-0.2, -0.15) is 5.26 Å². The van der Waals surface area contributed by atoms with Crippen LogP contribution in [0.4, 0.5) is 5.00 Å². The van der Waals surface area contributed by atoms with Crippen LogP contribution in [-0.4, -0.2) is 27.5 Å². The van der Waals surface area contributed by atoms with Gasteiger partial charge < -0.3 is 24.4 Å². The number of nitrogens with one attached hydrogen (secondary N) is 2. The highest BCUT2D eigenvalue weighted by molar-refractivity contribution is 7.16. The zero-order chi connectivity index (χ0) is 19.3. The smallest absolute Gasteiger partial charge is 0.231 e. The van der Waals surface area contributed by atoms with Crippen LogP contribution >= 0.6 is 11.3 Å². The predicted octanol–water partition coefficient (Wildman–Crippen LogP) is 2.42. The van der Waals surface area contributed by atoms with Crippen LogP contribution in [0.3, 0.4) is 0 Å². The molecular weight excluding hydrogens is 374 g/mol. The number of benzene rings is 1. The van der Waals surface area contributed by atoms with Gasteiger partial charge in [0.1, 0.15) is 11.1 Å². The minimum Gasteiger partial charge on any atom is -0.492 e. The van der Waals surface area contributed by atoms with Crippen LogP contribution in [-0.2, 0) is 19.3 Å². The maximum Gasteiger partial charge on any atom is 0.231 e. The Balaban J connectivity index is 1.59. The average molecular weight is 399 g/mol. The minimum absolute atomic E-state index is 0.000373. The van der Waals surface area contributed by atoms with Gasteiger partial charge in [-0.1, -0.05) is 0 Å². The van der Waals surface area contributed by atoms with Gasteiger partial charge >= 0.3 is 0 Å². The molecule has 3 aliphatic rings. The van der Waals surface area contributed by atoms with E-state index in [9.17, 15) is 5.26 Å². The number of thiophene rings is 1. The Morgan fingerprint density at radius 1 is 1.29 bits per heavy atom. The molecule has 0 amide bonds. The van der Waals surface area contributed by atoms with Crippen LogP contribution in [0, 0.1) is 11.3 Å². The molecule has 0 saturated carbocycles. The number of ether oxygens (including phenoxy) is 3. The van der Waals surface area contributed by atoms with Gasteiger partial charge in [0.25, 0.3) is 0 Å². The van der Waals surface area contributed by atoms with Crippen molar-refractivity contribution in [2.45, 2.75) is 38.3 Å². The van der Waals surface area contributed by atoms with Crippen LogP contribution in [0.2, 0.25) is 0 Å². The lowest BCUT2D eigenvalue weighted by Gasteiger charge is -2.33. The molecule has 6 nitrogen and oxygen atoms in total. The van der Waals surface area contributed by atoms with Gasteiger partial charge in [0, 0.05) is 11.3 Å². The Bertz CT molecular complexity index is 978. The molecule has 1 aromatic carbocycles. The highest BCUT2D eigenvalue weighted by Gasteiger charge is 2.37. The van der Waals surface area contributed by atoms with E-state index >= 15 is 0 Å². The van der Waals surface area contributed by atoms with E-state index < -0.39 is 0 Å². The number of rotatable bonds is 3. The second-order valence-electron chi connectivity index (χ2n) is 7.67. The van der Waals surface area contributed by atoms with E-state index in [4.69, 9.17) is 14.2 Å². The fourth-order valence-electron chi connectivity index (χ4n) is 4.64. The summed E-state index contributed by atoms with van der Waals surface area (Å²) in [4.78, 5) is 2.72. The van der Waals surface area contributed by atoms with Crippen LogP contribution in [0.15, 0.2) is 6.07 Å². The number of aryl methyl sites for hydroxylation is 1. The molecule has 5 rings (SSSR count). The number of likely N-dealkylation sites (N-methyl/N-ethyl adjacent to an activating group) is 1. The maximum absolute atomic E-state index is 9.83. The number of nitrogens with zero attached hydrogens (tertiary/aromatic N) is 1. The number of fused-ring (bicyclic) bond motifs is 3. The normalized spacial score (nSPS) is 22.2. The first-order valence-corrected chi connectivity index (χ1v) is 10.7. The molecule has 146 valence electrons. The topological polar surface area (TPSA) is 68.0 Å². The van der Waals surface area contributed by atoms with Crippen LogP contribution in [0.1, 0.15) is 46.1 Å². The van der Waals surface area contributed by atoms with E-state index in [1.54, 1.807) is 18.4 Å². The minimum atomic E-state index is 0.000373. The monoisotopic (exact) mass is 398 g/mol. The zero-order valence-electron chi connectivity index (χ0n) is 16.2. The molecule has 1 aliphatic carbocycles. The maximum atomic E-state index is 9.83. The molecule has 0 fully saturated rings. The van der Waals surface area contributed by atoms with E-state index in [1.807, 2.05) is 0 Å². The van der Waals surface area contributed by atoms with Crippen LogP contribution in [0.5, 0.6) is 17.2 Å². The van der Waals surface area contributed by atoms with Gasteiger partial charge in [0.2, 0.25) is 12.5 Å². The van der Waals surface area contributed by atoms with Crippen molar-refractivity contribution in [2.75, 3.05) is 32.8 Å². The molecule has 2 atom stereocenters. The van der Waals surface area contributed by atoms with Crippen molar-refractivity contribution < 1.29 is 19.1 Å². The number of nitriles is 1. The standard InChI is InChI=1S/C21H23N3O3S/c1-24-8-7-12-9-15-18(27-11-26-15)19(25-2)17(12)20(24)23-21-14(10-22)13-5-3-4-6-16(13)28-21/h9,20,23H,3-8,11H2,1-2H3/p+1/t20-/m0/s1. The molecule has 2 N–H and O–H groups in total. The fraction of sp³-hybridized carbons (Fsp3) is 0.476. The molecule has 1 aromatic heterocycles. The molecule has 2 aromatic rings. The third kappa shape index (κ3) is 2.63. The first kappa shape index (κ1) is 17.7. The molecule has 1 unspecified atom stereocenters. The Morgan fingerprint density at radius 3 is 2.96 bits per heavy atom. The third-order valence-corrected chi connectivity index (χ3v) is 7.30. The molecule has 3 heterocycles. The Morgan fingerprint density at radius 2 is 2.14 bits per heavy atom. The SMILES string of the molecule is COc1c2c(cc3c1[C@@H](Nc1sc4c(c1C#N)CCCC4)[NH+](C)CC3)OCO2. The van der Waals surface area contributed by atoms with Gasteiger partial charge in [-0.15, -0.1) is 11.3 Å². The summed E-state index contributed by atoms with van der Waals surface area (Å²) in [7, 11) is 3.87. The largest absolute Gasteiger partial charge is 0.492 e. The number of methoxy groups -OCH3 is 1. The van der Waals surface area contributed by atoms with Gasteiger partial charge in [0.05, 0.1) is 31.8 Å². The summed E-state index contributed by atoms with van der Waals surface area (Å²) in [5.74, 6) is 2.20. The van der Waals surface area contributed by atoms with Crippen LogP contribution in [0.25, 0.3) is 0 Å². The van der Waals surface area contributed by atoms with Crippen LogP contribution < -0.4 is 24.4 Å². The van der Waals surface area contributed by atoms with Gasteiger partial charge in [-0.05, 0) is 42.9 Å². The Labute approximate surface area is 168 Å². The zero-order valence-corrected chi connectivity index (χ0v) is 17.0. The quantitative estimate of drug-likeness (QED) is 0.831. The molecule has 0 bridgehead atoms. The number of quaternary nitrogens is 1. The summed E-state index contributed by atoms with van der Waals surface area (Å²) in [6.45, 7) is 1.23. The number of hydrogen-bond donors (Lipinski definition) is 2. The highest BCUT2D eigenvalue weighted by atomic mass is 32.1. The second kappa shape index (κ2) is 6.87. The first-order chi connectivity index (χ1) is 13.7. The molecular formula is C21H24N3O3S+. The van der Waals surface area contributed by atoms with Crippen molar-refractivity contribution in [2.24, 2.45) is 0 Å². The van der Waals surface area contributed by atoms with Crippen molar-refractivity contribution in [1.29, 1.82) is 5.26 Å². The van der Waals surface area contributed by atoms with E-state index in [0.29, 0.717) is 5.75 Å². The first-order valence-electron chi connectivity index (χ1n) is 9.84. The molecule has 2 aliphatic heterocycles. The van der Waals surface area contributed by atoms with Crippen molar-refractivity contribution in [3.8, 4) is 23.3 Å². The van der Waals surface area contributed by atoms with Crippen molar-refractivity contribution >= 4 is 16.3 Å². The lowest BCUT2D eigenvalue weighted by atomic mass is 9.94. The molecule has 0 spiro atoms. The van der Waals surface area contributed by atoms with Gasteiger partial charge in [0.15, 0.2) is 17.7 Å². The summed E-state index contributed by atoms with van der Waals surface area (Å²) in [6.07, 6.45) is 5.45. The van der Waals surface area contributed by atoms with Crippen molar-refractivity contribution in [1.82, 2.24) is 0 Å². The fourth-order valence-corrected chi connectivity index (χ4v) is 5.91.